The van der Waals surface area contributed by atoms with Crippen molar-refractivity contribution in [3.63, 3.8) is 0 Å². The molecule has 2 heterocycles. The zero-order valence-electron chi connectivity index (χ0n) is 16.4. The summed E-state index contributed by atoms with van der Waals surface area (Å²) < 4.78 is 7.28. The van der Waals surface area contributed by atoms with Crippen LogP contribution in [0.3, 0.4) is 0 Å². The van der Waals surface area contributed by atoms with E-state index in [4.69, 9.17) is 16.3 Å². The minimum atomic E-state index is -0.459. The van der Waals surface area contributed by atoms with Crippen LogP contribution < -0.4 is 10.6 Å². The lowest BCUT2D eigenvalue weighted by molar-refractivity contribution is -0.384. The molecular weight excluding hydrogens is 470 g/mol. The third-order valence-corrected chi connectivity index (χ3v) is 6.35. The Morgan fingerprint density at radius 1 is 1.27 bits per heavy atom. The van der Waals surface area contributed by atoms with Gasteiger partial charge in [0, 0.05) is 39.9 Å². The lowest BCUT2D eigenvalue weighted by atomic mass is 9.96. The highest BCUT2D eigenvalue weighted by atomic mass is 79.9. The van der Waals surface area contributed by atoms with E-state index in [0.717, 1.165) is 40.7 Å². The summed E-state index contributed by atoms with van der Waals surface area (Å²) in [7, 11) is 0. The quantitative estimate of drug-likeness (QED) is 0.390. The van der Waals surface area contributed by atoms with Crippen molar-refractivity contribution in [3.05, 3.63) is 67.1 Å². The molecule has 158 valence electrons. The number of anilines is 1. The molecule has 1 fully saturated rings. The molecule has 2 N–H and O–H groups in total. The number of benzene rings is 2. The van der Waals surface area contributed by atoms with E-state index in [9.17, 15) is 10.1 Å². The number of halogens is 2. The molecule has 0 spiro atoms. The summed E-state index contributed by atoms with van der Waals surface area (Å²) in [4.78, 5) is 11.0. The van der Waals surface area contributed by atoms with E-state index >= 15 is 0 Å². The van der Waals surface area contributed by atoms with Gasteiger partial charge >= 0.3 is 0 Å². The van der Waals surface area contributed by atoms with Crippen LogP contribution >= 0.6 is 27.5 Å². The monoisotopic (exact) mass is 491 g/mol. The lowest BCUT2D eigenvalue weighted by Crippen LogP contribution is -2.34. The molecule has 1 unspecified atom stereocenters. The van der Waals surface area contributed by atoms with Gasteiger partial charge in [0.05, 0.1) is 11.5 Å². The van der Waals surface area contributed by atoms with Crippen LogP contribution in [-0.4, -0.2) is 30.7 Å². The first-order valence-corrected chi connectivity index (χ1v) is 11.3. The molecule has 0 aromatic heterocycles. The van der Waals surface area contributed by atoms with E-state index in [-0.39, 0.29) is 10.7 Å². The highest BCUT2D eigenvalue weighted by molar-refractivity contribution is 9.10. The molecular formula is C22H23BrClN3O3. The Morgan fingerprint density at radius 2 is 2.13 bits per heavy atom. The molecule has 2 aromatic rings. The van der Waals surface area contributed by atoms with Crippen LogP contribution in [-0.2, 0) is 4.74 Å². The van der Waals surface area contributed by atoms with Gasteiger partial charge in [0.2, 0.25) is 0 Å². The number of nitrogens with zero attached hydrogens (tertiary/aromatic N) is 1. The molecule has 0 radical (unpaired) electrons. The van der Waals surface area contributed by atoms with Crippen molar-refractivity contribution in [2.45, 2.75) is 31.7 Å². The van der Waals surface area contributed by atoms with Crippen LogP contribution in [0.4, 0.5) is 11.4 Å². The van der Waals surface area contributed by atoms with Crippen molar-refractivity contribution in [2.75, 3.05) is 25.0 Å². The Morgan fingerprint density at radius 3 is 2.87 bits per heavy atom. The van der Waals surface area contributed by atoms with Gasteiger partial charge in [-0.1, -0.05) is 46.1 Å². The van der Waals surface area contributed by atoms with Crippen LogP contribution in [0.1, 0.15) is 36.8 Å². The van der Waals surface area contributed by atoms with Crippen LogP contribution in [0.5, 0.6) is 0 Å². The number of ether oxygens (including phenoxy) is 1. The number of nitrogens with one attached hydrogen (secondary N) is 2. The first kappa shape index (κ1) is 21.2. The Hall–Kier alpha value is -2.09. The summed E-state index contributed by atoms with van der Waals surface area (Å²) >= 11 is 9.66. The van der Waals surface area contributed by atoms with Gasteiger partial charge in [-0.15, -0.1) is 0 Å². The second kappa shape index (κ2) is 9.37. The standard InChI is InChI=1S/C22H23BrClN3O3/c23-15-5-3-4-14(10-15)18-13-26-20-12-19(24)21(27(28)29)11-17(20)22(18)30-9-7-16-6-1-2-8-25-16/h3-5,10-12,16,25-26H,1-2,6-9,13H2. The third-order valence-electron chi connectivity index (χ3n) is 5.56. The van der Waals surface area contributed by atoms with Crippen LogP contribution in [0.25, 0.3) is 11.3 Å². The second-order valence-corrected chi connectivity index (χ2v) is 8.88. The zero-order chi connectivity index (χ0) is 21.1. The normalized spacial score (nSPS) is 18.5. The number of nitro groups is 1. The second-order valence-electron chi connectivity index (χ2n) is 7.56. The lowest BCUT2D eigenvalue weighted by Gasteiger charge is -2.27. The third kappa shape index (κ3) is 4.63. The Labute approximate surface area is 188 Å². The Bertz CT molecular complexity index is 990. The number of rotatable bonds is 6. The summed E-state index contributed by atoms with van der Waals surface area (Å²) in [6.45, 7) is 2.14. The molecule has 1 atom stereocenters. The summed E-state index contributed by atoms with van der Waals surface area (Å²) in [6, 6.07) is 11.6. The summed E-state index contributed by atoms with van der Waals surface area (Å²) in [5.74, 6) is 0.678. The Balaban J connectivity index is 1.70. The predicted molar refractivity (Wildman–Crippen MR) is 124 cm³/mol. The zero-order valence-corrected chi connectivity index (χ0v) is 18.8. The number of piperidine rings is 1. The SMILES string of the molecule is O=[N+]([O-])c1cc2c(cc1Cl)NCC(c1cccc(Br)c1)=C2OCCC1CCCCN1. The van der Waals surface area contributed by atoms with Gasteiger partial charge < -0.3 is 15.4 Å². The summed E-state index contributed by atoms with van der Waals surface area (Å²) in [5.41, 5.74) is 3.27. The maximum absolute atomic E-state index is 11.5. The van der Waals surface area contributed by atoms with Crippen molar-refractivity contribution in [2.24, 2.45) is 0 Å². The van der Waals surface area contributed by atoms with Crippen LogP contribution in [0.15, 0.2) is 40.9 Å². The first-order valence-electron chi connectivity index (χ1n) is 10.1. The van der Waals surface area contributed by atoms with Gasteiger partial charge in [-0.3, -0.25) is 10.1 Å². The van der Waals surface area contributed by atoms with E-state index < -0.39 is 4.92 Å². The largest absolute Gasteiger partial charge is 0.492 e. The molecule has 6 nitrogen and oxygen atoms in total. The molecule has 30 heavy (non-hydrogen) atoms. The average Bonchev–Trinajstić information content (AvgIpc) is 2.74. The predicted octanol–water partition coefficient (Wildman–Crippen LogP) is 5.85. The molecule has 2 aromatic carbocycles. The summed E-state index contributed by atoms with van der Waals surface area (Å²) in [5, 5.41) is 18.4. The number of hydrogen-bond acceptors (Lipinski definition) is 5. The number of fused-ring (bicyclic) bond motifs is 1. The van der Waals surface area contributed by atoms with Gasteiger partial charge in [0.25, 0.3) is 5.69 Å². The molecule has 0 amide bonds. The maximum Gasteiger partial charge on any atom is 0.288 e. The molecule has 8 heteroatoms. The molecule has 1 saturated heterocycles. The van der Waals surface area contributed by atoms with Crippen molar-refractivity contribution in [1.82, 2.24) is 5.32 Å². The first-order chi connectivity index (χ1) is 14.5. The van der Waals surface area contributed by atoms with E-state index in [2.05, 4.69) is 26.6 Å². The fraction of sp³-hybridized carbons (Fsp3) is 0.364. The smallest absolute Gasteiger partial charge is 0.288 e. The van der Waals surface area contributed by atoms with E-state index in [0.29, 0.717) is 30.5 Å². The van der Waals surface area contributed by atoms with E-state index in [1.54, 1.807) is 6.07 Å². The maximum atomic E-state index is 11.5. The topological polar surface area (TPSA) is 76.4 Å². The minimum absolute atomic E-state index is 0.114. The van der Waals surface area contributed by atoms with Gasteiger partial charge in [0.1, 0.15) is 10.8 Å². The highest BCUT2D eigenvalue weighted by Crippen LogP contribution is 2.41. The molecule has 2 aliphatic heterocycles. The molecule has 0 saturated carbocycles. The van der Waals surface area contributed by atoms with Crippen LogP contribution in [0.2, 0.25) is 5.02 Å². The van der Waals surface area contributed by atoms with E-state index in [1.807, 2.05) is 24.3 Å². The average molecular weight is 493 g/mol. The molecule has 0 aliphatic carbocycles. The molecule has 4 rings (SSSR count). The summed E-state index contributed by atoms with van der Waals surface area (Å²) in [6.07, 6.45) is 4.51. The number of hydrogen-bond donors (Lipinski definition) is 2. The van der Waals surface area contributed by atoms with Gasteiger partial charge in [-0.05, 0) is 49.6 Å². The van der Waals surface area contributed by atoms with Crippen molar-refractivity contribution >= 4 is 50.2 Å². The van der Waals surface area contributed by atoms with Crippen molar-refractivity contribution in [3.8, 4) is 0 Å². The van der Waals surface area contributed by atoms with Crippen LogP contribution in [0, 0.1) is 10.1 Å². The van der Waals surface area contributed by atoms with Crippen molar-refractivity contribution in [1.29, 1.82) is 0 Å². The Kier molecular flexibility index (Phi) is 6.61. The molecule has 0 bridgehead atoms. The van der Waals surface area contributed by atoms with E-state index in [1.165, 1.54) is 18.9 Å². The highest BCUT2D eigenvalue weighted by Gasteiger charge is 2.26. The van der Waals surface area contributed by atoms with Gasteiger partial charge in [-0.2, -0.15) is 0 Å². The minimum Gasteiger partial charge on any atom is -0.492 e. The van der Waals surface area contributed by atoms with Gasteiger partial charge in [-0.25, -0.2) is 0 Å². The fourth-order valence-electron chi connectivity index (χ4n) is 4.01. The van der Waals surface area contributed by atoms with Gasteiger partial charge in [0.15, 0.2) is 0 Å². The van der Waals surface area contributed by atoms with Crippen molar-refractivity contribution < 1.29 is 9.66 Å². The number of nitro benzene ring substituents is 1. The fourth-order valence-corrected chi connectivity index (χ4v) is 4.64. The molecule has 2 aliphatic rings.